The molecule has 116 valence electrons. The van der Waals surface area contributed by atoms with E-state index < -0.39 is 16.6 Å². The van der Waals surface area contributed by atoms with Crippen LogP contribution in [-0.4, -0.2) is 23.2 Å². The van der Waals surface area contributed by atoms with Crippen molar-refractivity contribution < 1.29 is 14.5 Å². The molecule has 1 rings (SSSR count). The second-order valence-electron chi connectivity index (χ2n) is 4.10. The highest BCUT2D eigenvalue weighted by molar-refractivity contribution is 6.43. The summed E-state index contributed by atoms with van der Waals surface area (Å²) in [5, 5.41) is 23.0. The van der Waals surface area contributed by atoms with Crippen molar-refractivity contribution >= 4 is 34.7 Å². The number of carbonyl (C=O) groups excluding carboxylic acids is 1. The number of ether oxygens (including phenoxy) is 1. The average molecular weight is 325 g/mol. The van der Waals surface area contributed by atoms with E-state index in [1.807, 2.05) is 6.92 Å². The molecule has 0 aliphatic carbocycles. The normalized spacial score (nSPS) is 10.7. The lowest BCUT2D eigenvalue weighted by molar-refractivity contribution is -0.384. The Hall–Kier alpha value is -2.66. The maximum atomic E-state index is 11.5. The van der Waals surface area contributed by atoms with Crippen molar-refractivity contribution in [3.05, 3.63) is 33.3 Å². The molecule has 9 heteroatoms. The monoisotopic (exact) mass is 324 g/mol. The standard InChI is InChI=1S/C13H13ClN4O4/c1-2-3-6-22-13(19)11(8-15)17-16-9-4-5-12(18(20)21)10(14)7-9/h4-5,7,16H,2-3,6H2,1H3/b17-11-. The first kappa shape index (κ1) is 17.4. The molecule has 22 heavy (non-hydrogen) atoms. The predicted octanol–water partition coefficient (Wildman–Crippen LogP) is 2.88. The Bertz CT molecular complexity index is 639. The molecule has 8 nitrogen and oxygen atoms in total. The Labute approximate surface area is 131 Å². The number of unbranched alkanes of at least 4 members (excludes halogenated alkanes) is 1. The molecule has 0 atom stereocenters. The second kappa shape index (κ2) is 8.59. The molecule has 0 aliphatic heterocycles. The highest BCUT2D eigenvalue weighted by atomic mass is 35.5. The van der Waals surface area contributed by atoms with E-state index in [1.165, 1.54) is 18.2 Å². The molecule has 0 saturated carbocycles. The van der Waals surface area contributed by atoms with Gasteiger partial charge in [-0.05, 0) is 18.6 Å². The van der Waals surface area contributed by atoms with E-state index in [0.717, 1.165) is 6.42 Å². The van der Waals surface area contributed by atoms with E-state index in [0.29, 0.717) is 12.1 Å². The van der Waals surface area contributed by atoms with Gasteiger partial charge >= 0.3 is 5.97 Å². The minimum atomic E-state index is -0.837. The minimum Gasteiger partial charge on any atom is -0.460 e. The Balaban J connectivity index is 2.76. The number of esters is 1. The van der Waals surface area contributed by atoms with Gasteiger partial charge in [0, 0.05) is 6.07 Å². The molecule has 0 fully saturated rings. The Morgan fingerprint density at radius 1 is 1.59 bits per heavy atom. The van der Waals surface area contributed by atoms with Crippen molar-refractivity contribution in [2.45, 2.75) is 19.8 Å². The number of halogens is 1. The van der Waals surface area contributed by atoms with E-state index in [-0.39, 0.29) is 17.3 Å². The van der Waals surface area contributed by atoms with Gasteiger partial charge < -0.3 is 4.74 Å². The van der Waals surface area contributed by atoms with Crippen LogP contribution >= 0.6 is 11.6 Å². The number of nitrogens with one attached hydrogen (secondary N) is 1. The zero-order valence-electron chi connectivity index (χ0n) is 11.7. The highest BCUT2D eigenvalue weighted by Crippen LogP contribution is 2.27. The van der Waals surface area contributed by atoms with Gasteiger partial charge in [0.25, 0.3) is 5.69 Å². The number of hydrogen-bond donors (Lipinski definition) is 1. The molecule has 0 saturated heterocycles. The second-order valence-corrected chi connectivity index (χ2v) is 4.50. The SMILES string of the molecule is CCCCOC(=O)/C(C#N)=N\Nc1ccc([N+](=O)[O-])c(Cl)c1. The number of nitrogens with zero attached hydrogens (tertiary/aromatic N) is 3. The van der Waals surface area contributed by atoms with Gasteiger partial charge in [0.15, 0.2) is 0 Å². The fourth-order valence-electron chi connectivity index (χ4n) is 1.34. The van der Waals surface area contributed by atoms with E-state index in [2.05, 4.69) is 10.5 Å². The van der Waals surface area contributed by atoms with Gasteiger partial charge in [-0.25, -0.2) is 4.79 Å². The summed E-state index contributed by atoms with van der Waals surface area (Å²) in [6.07, 6.45) is 1.54. The molecule has 1 aromatic rings. The van der Waals surface area contributed by atoms with Gasteiger partial charge in [-0.15, -0.1) is 0 Å². The third kappa shape index (κ3) is 5.03. The van der Waals surface area contributed by atoms with Gasteiger partial charge in [0.2, 0.25) is 5.71 Å². The number of hydrogen-bond acceptors (Lipinski definition) is 7. The van der Waals surface area contributed by atoms with Crippen LogP contribution in [0, 0.1) is 21.4 Å². The van der Waals surface area contributed by atoms with E-state index in [9.17, 15) is 14.9 Å². The predicted molar refractivity (Wildman–Crippen MR) is 80.6 cm³/mol. The van der Waals surface area contributed by atoms with Crippen molar-refractivity contribution in [2.24, 2.45) is 5.10 Å². The van der Waals surface area contributed by atoms with E-state index in [1.54, 1.807) is 6.07 Å². The third-order valence-corrected chi connectivity index (χ3v) is 2.77. The van der Waals surface area contributed by atoms with Crippen LogP contribution in [0.2, 0.25) is 5.02 Å². The molecule has 0 aromatic heterocycles. The zero-order chi connectivity index (χ0) is 16.5. The van der Waals surface area contributed by atoms with Gasteiger partial charge in [0.1, 0.15) is 11.1 Å². The molecular formula is C13H13ClN4O4. The summed E-state index contributed by atoms with van der Waals surface area (Å²) in [4.78, 5) is 21.6. The highest BCUT2D eigenvalue weighted by Gasteiger charge is 2.14. The number of rotatable bonds is 7. The molecule has 1 aromatic carbocycles. The van der Waals surface area contributed by atoms with Crippen LogP contribution in [0.5, 0.6) is 0 Å². The van der Waals surface area contributed by atoms with Crippen LogP contribution in [0.3, 0.4) is 0 Å². The number of hydrazone groups is 1. The number of benzene rings is 1. The summed E-state index contributed by atoms with van der Waals surface area (Å²) in [6.45, 7) is 2.15. The fourth-order valence-corrected chi connectivity index (χ4v) is 1.59. The van der Waals surface area contributed by atoms with E-state index >= 15 is 0 Å². The lowest BCUT2D eigenvalue weighted by Gasteiger charge is -2.04. The van der Waals surface area contributed by atoms with Gasteiger partial charge in [-0.1, -0.05) is 24.9 Å². The Morgan fingerprint density at radius 3 is 2.86 bits per heavy atom. The first-order valence-electron chi connectivity index (χ1n) is 6.34. The molecule has 1 N–H and O–H groups in total. The van der Waals surface area contributed by atoms with Crippen LogP contribution in [-0.2, 0) is 9.53 Å². The third-order valence-electron chi connectivity index (χ3n) is 2.47. The quantitative estimate of drug-likeness (QED) is 0.271. The summed E-state index contributed by atoms with van der Waals surface area (Å²) in [5.74, 6) is -0.837. The van der Waals surface area contributed by atoms with Gasteiger partial charge in [-0.2, -0.15) is 10.4 Å². The van der Waals surface area contributed by atoms with E-state index in [4.69, 9.17) is 21.6 Å². The molecule has 0 heterocycles. The number of nitro groups is 1. The van der Waals surface area contributed by atoms with Crippen LogP contribution in [0.25, 0.3) is 0 Å². The van der Waals surface area contributed by atoms with Crippen molar-refractivity contribution in [2.75, 3.05) is 12.0 Å². The van der Waals surface area contributed by atoms with Crippen LogP contribution < -0.4 is 5.43 Å². The van der Waals surface area contributed by atoms with Gasteiger partial charge in [-0.3, -0.25) is 15.5 Å². The summed E-state index contributed by atoms with van der Waals surface area (Å²) in [5.41, 5.74) is 2.02. The molecule has 0 bridgehead atoms. The van der Waals surface area contributed by atoms with Crippen molar-refractivity contribution in [3.63, 3.8) is 0 Å². The molecule has 0 radical (unpaired) electrons. The van der Waals surface area contributed by atoms with Gasteiger partial charge in [0.05, 0.1) is 17.2 Å². The Kier molecular flexibility index (Phi) is 6.79. The van der Waals surface area contributed by atoms with Crippen molar-refractivity contribution in [1.82, 2.24) is 0 Å². The number of carbonyl (C=O) groups is 1. The maximum absolute atomic E-state index is 11.5. The van der Waals surface area contributed by atoms with Crippen LogP contribution in [0.15, 0.2) is 23.3 Å². The van der Waals surface area contributed by atoms with Crippen molar-refractivity contribution in [3.8, 4) is 6.07 Å². The fraction of sp³-hybridized carbons (Fsp3) is 0.308. The molecular weight excluding hydrogens is 312 g/mol. The molecule has 0 amide bonds. The van der Waals surface area contributed by atoms with Crippen LogP contribution in [0.4, 0.5) is 11.4 Å². The van der Waals surface area contributed by atoms with Crippen molar-refractivity contribution in [1.29, 1.82) is 5.26 Å². The summed E-state index contributed by atoms with van der Waals surface area (Å²) in [6, 6.07) is 5.42. The smallest absolute Gasteiger partial charge is 0.369 e. The number of nitriles is 1. The summed E-state index contributed by atoms with van der Waals surface area (Å²) >= 11 is 5.73. The first-order chi connectivity index (χ1) is 10.5. The topological polar surface area (TPSA) is 118 Å². The number of nitro benzene ring substituents is 1. The molecule has 0 spiro atoms. The molecule has 0 unspecified atom stereocenters. The summed E-state index contributed by atoms with van der Waals surface area (Å²) < 4.78 is 4.85. The Morgan fingerprint density at radius 2 is 2.32 bits per heavy atom. The lowest BCUT2D eigenvalue weighted by Crippen LogP contribution is -2.18. The minimum absolute atomic E-state index is 0.0887. The zero-order valence-corrected chi connectivity index (χ0v) is 12.5. The number of anilines is 1. The average Bonchev–Trinajstić information content (AvgIpc) is 2.47. The maximum Gasteiger partial charge on any atom is 0.369 e. The lowest BCUT2D eigenvalue weighted by atomic mass is 10.3. The first-order valence-corrected chi connectivity index (χ1v) is 6.72. The largest absolute Gasteiger partial charge is 0.460 e. The summed E-state index contributed by atoms with van der Waals surface area (Å²) in [7, 11) is 0. The molecule has 0 aliphatic rings. The van der Waals surface area contributed by atoms with Crippen LogP contribution in [0.1, 0.15) is 19.8 Å².